The summed E-state index contributed by atoms with van der Waals surface area (Å²) in [6.07, 6.45) is 3.74. The van der Waals surface area contributed by atoms with Gasteiger partial charge in [0, 0.05) is 5.92 Å². The molecule has 0 spiro atoms. The number of carboxylic acids is 1. The molecule has 0 amide bonds. The monoisotopic (exact) mass is 142 g/mol. The number of rotatable bonds is 2. The van der Waals surface area contributed by atoms with Crippen LogP contribution in [0.4, 0.5) is 0 Å². The van der Waals surface area contributed by atoms with Crippen LogP contribution in [-0.4, -0.2) is 22.3 Å². The van der Waals surface area contributed by atoms with Crippen molar-refractivity contribution in [1.29, 1.82) is 0 Å². The molecule has 0 aromatic heterocycles. The van der Waals surface area contributed by atoms with Gasteiger partial charge >= 0.3 is 5.97 Å². The second-order valence-corrected chi connectivity index (χ2v) is 2.49. The topological polar surface area (TPSA) is 57.5 Å². The number of aliphatic hydroxyl groups is 1. The van der Waals surface area contributed by atoms with Crippen molar-refractivity contribution in [1.82, 2.24) is 0 Å². The van der Waals surface area contributed by atoms with E-state index in [9.17, 15) is 4.79 Å². The van der Waals surface area contributed by atoms with Crippen LogP contribution < -0.4 is 0 Å². The van der Waals surface area contributed by atoms with Gasteiger partial charge in [0.15, 0.2) is 0 Å². The Morgan fingerprint density at radius 3 is 2.80 bits per heavy atom. The first-order valence-corrected chi connectivity index (χ1v) is 3.26. The van der Waals surface area contributed by atoms with Crippen LogP contribution in [-0.2, 0) is 4.79 Å². The van der Waals surface area contributed by atoms with Crippen molar-refractivity contribution < 1.29 is 15.0 Å². The second kappa shape index (κ2) is 2.84. The quantitative estimate of drug-likeness (QED) is 0.548. The van der Waals surface area contributed by atoms with Gasteiger partial charge in [0.2, 0.25) is 0 Å². The summed E-state index contributed by atoms with van der Waals surface area (Å²) in [5.74, 6) is -1.02. The fourth-order valence-corrected chi connectivity index (χ4v) is 1.10. The van der Waals surface area contributed by atoms with Gasteiger partial charge in [0.25, 0.3) is 0 Å². The first-order valence-electron chi connectivity index (χ1n) is 3.26. The van der Waals surface area contributed by atoms with Crippen molar-refractivity contribution in [3.8, 4) is 0 Å². The Morgan fingerprint density at radius 1 is 1.70 bits per heavy atom. The molecule has 0 aromatic rings. The van der Waals surface area contributed by atoms with Crippen molar-refractivity contribution in [2.45, 2.75) is 18.9 Å². The highest BCUT2D eigenvalue weighted by atomic mass is 16.4. The molecule has 3 nitrogen and oxygen atoms in total. The molecule has 2 N–H and O–H groups in total. The average molecular weight is 142 g/mol. The Morgan fingerprint density at radius 2 is 2.40 bits per heavy atom. The summed E-state index contributed by atoms with van der Waals surface area (Å²) in [5.41, 5.74) is 0. The standard InChI is InChI=1S/C7H10O3/c8-6-3-1-2-5(6)4-7(9)10/h1-2,5-6,8H,3-4H2,(H,9,10)/t5-,6-/m0/s1. The Balaban J connectivity index is 2.40. The van der Waals surface area contributed by atoms with Crippen LogP contribution >= 0.6 is 0 Å². The van der Waals surface area contributed by atoms with E-state index in [1.54, 1.807) is 6.08 Å². The van der Waals surface area contributed by atoms with Gasteiger partial charge in [-0.15, -0.1) is 0 Å². The molecule has 0 saturated carbocycles. The largest absolute Gasteiger partial charge is 0.481 e. The van der Waals surface area contributed by atoms with E-state index in [1.165, 1.54) is 0 Å². The van der Waals surface area contributed by atoms with Crippen LogP contribution in [0.15, 0.2) is 12.2 Å². The zero-order chi connectivity index (χ0) is 7.56. The minimum Gasteiger partial charge on any atom is -0.481 e. The fraction of sp³-hybridized carbons (Fsp3) is 0.571. The van der Waals surface area contributed by atoms with E-state index in [2.05, 4.69) is 0 Å². The van der Waals surface area contributed by atoms with E-state index in [1.807, 2.05) is 6.08 Å². The van der Waals surface area contributed by atoms with Crippen molar-refractivity contribution in [3.63, 3.8) is 0 Å². The van der Waals surface area contributed by atoms with Gasteiger partial charge in [-0.2, -0.15) is 0 Å². The van der Waals surface area contributed by atoms with Crippen LogP contribution in [0.25, 0.3) is 0 Å². The van der Waals surface area contributed by atoms with Crippen LogP contribution in [0.5, 0.6) is 0 Å². The highest BCUT2D eigenvalue weighted by Crippen LogP contribution is 2.20. The molecule has 0 radical (unpaired) electrons. The van der Waals surface area contributed by atoms with Crippen molar-refractivity contribution in [3.05, 3.63) is 12.2 Å². The Hall–Kier alpha value is -0.830. The van der Waals surface area contributed by atoms with Crippen molar-refractivity contribution >= 4 is 5.97 Å². The van der Waals surface area contributed by atoms with Gasteiger partial charge in [-0.3, -0.25) is 4.79 Å². The lowest BCUT2D eigenvalue weighted by Gasteiger charge is -2.09. The third-order valence-electron chi connectivity index (χ3n) is 1.67. The number of carbonyl (C=O) groups is 1. The summed E-state index contributed by atoms with van der Waals surface area (Å²) < 4.78 is 0. The molecule has 0 aliphatic heterocycles. The lowest BCUT2D eigenvalue weighted by Crippen LogP contribution is -2.16. The lowest BCUT2D eigenvalue weighted by atomic mass is 10.0. The van der Waals surface area contributed by atoms with E-state index < -0.39 is 12.1 Å². The average Bonchev–Trinajstić information content (AvgIpc) is 2.15. The summed E-state index contributed by atoms with van der Waals surface area (Å²) >= 11 is 0. The minimum atomic E-state index is -0.851. The van der Waals surface area contributed by atoms with Crippen LogP contribution in [0.2, 0.25) is 0 Å². The molecule has 0 fully saturated rings. The zero-order valence-corrected chi connectivity index (χ0v) is 5.53. The SMILES string of the molecule is O=C(O)C[C@@H]1C=CC[C@@H]1O. The van der Waals surface area contributed by atoms with E-state index in [-0.39, 0.29) is 12.3 Å². The summed E-state index contributed by atoms with van der Waals surface area (Å²) in [5, 5.41) is 17.5. The van der Waals surface area contributed by atoms with Gasteiger partial charge in [-0.05, 0) is 6.42 Å². The Kier molecular flexibility index (Phi) is 2.06. The third kappa shape index (κ3) is 1.57. The summed E-state index contributed by atoms with van der Waals surface area (Å²) in [6.45, 7) is 0. The van der Waals surface area contributed by atoms with Crippen LogP contribution in [0.3, 0.4) is 0 Å². The number of aliphatic carboxylic acids is 1. The summed E-state index contributed by atoms with van der Waals surface area (Å²) in [6, 6.07) is 0. The highest BCUT2D eigenvalue weighted by Gasteiger charge is 2.22. The van der Waals surface area contributed by atoms with Gasteiger partial charge in [-0.1, -0.05) is 12.2 Å². The molecule has 0 aromatic carbocycles. The molecule has 56 valence electrons. The van der Waals surface area contributed by atoms with Crippen LogP contribution in [0, 0.1) is 5.92 Å². The first kappa shape index (κ1) is 7.28. The maximum Gasteiger partial charge on any atom is 0.304 e. The predicted molar refractivity (Wildman–Crippen MR) is 35.5 cm³/mol. The molecule has 0 bridgehead atoms. The molecule has 1 rings (SSSR count). The van der Waals surface area contributed by atoms with Gasteiger partial charge < -0.3 is 10.2 Å². The van der Waals surface area contributed by atoms with E-state index in [0.717, 1.165) is 0 Å². The number of hydrogen-bond acceptors (Lipinski definition) is 2. The molecule has 1 aliphatic rings. The second-order valence-electron chi connectivity index (χ2n) is 2.49. The maximum atomic E-state index is 10.2. The van der Waals surface area contributed by atoms with Crippen LogP contribution in [0.1, 0.15) is 12.8 Å². The summed E-state index contributed by atoms with van der Waals surface area (Å²) in [4.78, 5) is 10.2. The van der Waals surface area contributed by atoms with E-state index >= 15 is 0 Å². The predicted octanol–water partition coefficient (Wildman–Crippen LogP) is 0.398. The minimum absolute atomic E-state index is 0.0394. The van der Waals surface area contributed by atoms with Gasteiger partial charge in [0.05, 0.1) is 12.5 Å². The fourth-order valence-electron chi connectivity index (χ4n) is 1.10. The number of hydrogen-bond donors (Lipinski definition) is 2. The van der Waals surface area contributed by atoms with Gasteiger partial charge in [-0.25, -0.2) is 0 Å². The smallest absolute Gasteiger partial charge is 0.304 e. The van der Waals surface area contributed by atoms with Gasteiger partial charge in [0.1, 0.15) is 0 Å². The molecule has 0 saturated heterocycles. The lowest BCUT2D eigenvalue weighted by molar-refractivity contribution is -0.138. The number of aliphatic hydroxyl groups excluding tert-OH is 1. The molecule has 0 heterocycles. The Labute approximate surface area is 59.0 Å². The first-order chi connectivity index (χ1) is 4.70. The molecule has 10 heavy (non-hydrogen) atoms. The molecular weight excluding hydrogens is 132 g/mol. The molecule has 2 atom stereocenters. The summed E-state index contributed by atoms with van der Waals surface area (Å²) in [7, 11) is 0. The normalized spacial score (nSPS) is 30.9. The third-order valence-corrected chi connectivity index (χ3v) is 1.67. The maximum absolute atomic E-state index is 10.2. The van der Waals surface area contributed by atoms with Crippen molar-refractivity contribution in [2.24, 2.45) is 5.92 Å². The highest BCUT2D eigenvalue weighted by molar-refractivity contribution is 5.67. The molecule has 3 heteroatoms. The van der Waals surface area contributed by atoms with E-state index in [0.29, 0.717) is 6.42 Å². The molecular formula is C7H10O3. The van der Waals surface area contributed by atoms with E-state index in [4.69, 9.17) is 10.2 Å². The Bertz CT molecular complexity index is 162. The molecule has 1 aliphatic carbocycles. The van der Waals surface area contributed by atoms with Crippen molar-refractivity contribution in [2.75, 3.05) is 0 Å². The number of carboxylic acid groups (broad SMARTS) is 1. The zero-order valence-electron chi connectivity index (χ0n) is 5.53. The molecule has 0 unspecified atom stereocenters.